The van der Waals surface area contributed by atoms with Gasteiger partial charge in [-0.1, -0.05) is 0 Å². The van der Waals surface area contributed by atoms with Gasteiger partial charge in [0.05, 0.1) is 0 Å². The van der Waals surface area contributed by atoms with Crippen LogP contribution in [0.4, 0.5) is 5.13 Å². The van der Waals surface area contributed by atoms with Gasteiger partial charge in [0.1, 0.15) is 5.82 Å². The van der Waals surface area contributed by atoms with E-state index >= 15 is 0 Å². The van der Waals surface area contributed by atoms with Crippen molar-refractivity contribution in [2.75, 3.05) is 18.0 Å². The van der Waals surface area contributed by atoms with E-state index in [4.69, 9.17) is 0 Å². The van der Waals surface area contributed by atoms with E-state index in [0.717, 1.165) is 17.5 Å². The van der Waals surface area contributed by atoms with Gasteiger partial charge in [0.25, 0.3) is 0 Å². The molecule has 0 amide bonds. The molecule has 0 aliphatic carbocycles. The van der Waals surface area contributed by atoms with Crippen LogP contribution >= 0.6 is 11.5 Å². The molecule has 0 aromatic carbocycles. The average Bonchev–Trinajstić information content (AvgIpc) is 2.96. The van der Waals surface area contributed by atoms with Crippen LogP contribution in [0.15, 0.2) is 0 Å². The molecule has 4 nitrogen and oxygen atoms in total. The predicted octanol–water partition coefficient (Wildman–Crippen LogP) is 1.57. The van der Waals surface area contributed by atoms with E-state index in [-0.39, 0.29) is 0 Å². The Labute approximate surface area is 100 Å². The lowest BCUT2D eigenvalue weighted by Gasteiger charge is -2.28. The Bertz CT molecular complexity index is 359. The summed E-state index contributed by atoms with van der Waals surface area (Å²) in [5.74, 6) is 0.907. The van der Waals surface area contributed by atoms with Crippen LogP contribution in [0.3, 0.4) is 0 Å². The fraction of sp³-hybridized carbons (Fsp3) is 0.818. The second-order valence-electron chi connectivity index (χ2n) is 4.73. The van der Waals surface area contributed by atoms with Crippen molar-refractivity contribution in [3.63, 3.8) is 0 Å². The first-order valence-electron chi connectivity index (χ1n) is 6.15. The molecule has 0 bridgehead atoms. The normalized spacial score (nSPS) is 30.2. The van der Waals surface area contributed by atoms with Crippen molar-refractivity contribution in [1.82, 2.24) is 14.7 Å². The van der Waals surface area contributed by atoms with Crippen LogP contribution in [-0.2, 0) is 0 Å². The lowest BCUT2D eigenvalue weighted by atomic mass is 10.0. The zero-order valence-corrected chi connectivity index (χ0v) is 10.5. The molecule has 2 aliphatic rings. The minimum absolute atomic E-state index is 0.648. The Morgan fingerprint density at radius 2 is 2.31 bits per heavy atom. The number of aromatic nitrogens is 2. The molecule has 88 valence electrons. The maximum atomic E-state index is 4.52. The fourth-order valence-corrected chi connectivity index (χ4v) is 3.65. The third kappa shape index (κ3) is 1.82. The number of nitrogens with zero attached hydrogens (tertiary/aromatic N) is 3. The van der Waals surface area contributed by atoms with Crippen molar-refractivity contribution in [3.8, 4) is 0 Å². The molecule has 0 spiro atoms. The van der Waals surface area contributed by atoms with Gasteiger partial charge in [-0.25, -0.2) is 4.98 Å². The topological polar surface area (TPSA) is 41.1 Å². The highest BCUT2D eigenvalue weighted by Crippen LogP contribution is 2.30. The third-order valence-corrected chi connectivity index (χ3v) is 4.47. The van der Waals surface area contributed by atoms with Crippen molar-refractivity contribution >= 4 is 16.7 Å². The SMILES string of the molecule is Cc1nsc(N2CCCC2C2CCCN2)n1. The van der Waals surface area contributed by atoms with Crippen LogP contribution < -0.4 is 10.2 Å². The molecule has 16 heavy (non-hydrogen) atoms. The van der Waals surface area contributed by atoms with E-state index in [1.165, 1.54) is 32.2 Å². The van der Waals surface area contributed by atoms with E-state index in [2.05, 4.69) is 19.6 Å². The molecule has 2 aliphatic heterocycles. The van der Waals surface area contributed by atoms with Gasteiger partial charge >= 0.3 is 0 Å². The van der Waals surface area contributed by atoms with Crippen molar-refractivity contribution in [1.29, 1.82) is 0 Å². The van der Waals surface area contributed by atoms with Gasteiger partial charge in [-0.05, 0) is 39.2 Å². The molecule has 5 heteroatoms. The van der Waals surface area contributed by atoms with Gasteiger partial charge in [0.2, 0.25) is 5.13 Å². The van der Waals surface area contributed by atoms with Gasteiger partial charge in [0, 0.05) is 30.2 Å². The number of hydrogen-bond donors (Lipinski definition) is 1. The summed E-state index contributed by atoms with van der Waals surface area (Å²) in [7, 11) is 0. The number of hydrogen-bond acceptors (Lipinski definition) is 5. The lowest BCUT2D eigenvalue weighted by molar-refractivity contribution is 0.482. The quantitative estimate of drug-likeness (QED) is 0.849. The minimum atomic E-state index is 0.648. The summed E-state index contributed by atoms with van der Waals surface area (Å²) in [6, 6.07) is 1.32. The highest BCUT2D eigenvalue weighted by atomic mass is 32.1. The van der Waals surface area contributed by atoms with Gasteiger partial charge in [-0.3, -0.25) is 0 Å². The Morgan fingerprint density at radius 1 is 1.38 bits per heavy atom. The molecule has 1 aromatic rings. The summed E-state index contributed by atoms with van der Waals surface area (Å²) in [4.78, 5) is 6.99. The number of nitrogens with one attached hydrogen (secondary N) is 1. The Balaban J connectivity index is 1.78. The summed E-state index contributed by atoms with van der Waals surface area (Å²) >= 11 is 1.55. The lowest BCUT2D eigenvalue weighted by Crippen LogP contribution is -2.44. The predicted molar refractivity (Wildman–Crippen MR) is 66.0 cm³/mol. The molecule has 0 radical (unpaired) electrons. The molecule has 2 unspecified atom stereocenters. The first-order valence-corrected chi connectivity index (χ1v) is 6.92. The first kappa shape index (κ1) is 10.5. The summed E-state index contributed by atoms with van der Waals surface area (Å²) in [6.07, 6.45) is 5.24. The van der Waals surface area contributed by atoms with E-state index in [0.29, 0.717) is 12.1 Å². The van der Waals surface area contributed by atoms with E-state index in [1.807, 2.05) is 6.92 Å². The summed E-state index contributed by atoms with van der Waals surface area (Å²) < 4.78 is 4.29. The zero-order chi connectivity index (χ0) is 11.0. The monoisotopic (exact) mass is 238 g/mol. The van der Waals surface area contributed by atoms with Gasteiger partial charge in [-0.2, -0.15) is 4.37 Å². The molecule has 1 N–H and O–H groups in total. The molecule has 1 aromatic heterocycles. The number of anilines is 1. The van der Waals surface area contributed by atoms with Crippen LogP contribution in [0.1, 0.15) is 31.5 Å². The number of rotatable bonds is 2. The fourth-order valence-electron chi connectivity index (χ4n) is 2.89. The highest BCUT2D eigenvalue weighted by molar-refractivity contribution is 7.09. The minimum Gasteiger partial charge on any atom is -0.342 e. The summed E-state index contributed by atoms with van der Waals surface area (Å²) in [6.45, 7) is 4.31. The van der Waals surface area contributed by atoms with Crippen LogP contribution in [-0.4, -0.2) is 34.5 Å². The van der Waals surface area contributed by atoms with E-state index in [1.54, 1.807) is 11.5 Å². The van der Waals surface area contributed by atoms with Crippen LogP contribution in [0.5, 0.6) is 0 Å². The second-order valence-corrected chi connectivity index (χ2v) is 5.46. The van der Waals surface area contributed by atoms with E-state index < -0.39 is 0 Å². The Hall–Kier alpha value is -0.680. The summed E-state index contributed by atoms with van der Waals surface area (Å²) in [5.41, 5.74) is 0. The molecule has 2 saturated heterocycles. The summed E-state index contributed by atoms with van der Waals surface area (Å²) in [5, 5.41) is 4.74. The molecule has 2 atom stereocenters. The van der Waals surface area contributed by atoms with Crippen LogP contribution in [0.25, 0.3) is 0 Å². The van der Waals surface area contributed by atoms with Crippen LogP contribution in [0.2, 0.25) is 0 Å². The molecule has 2 fully saturated rings. The number of aryl methyl sites for hydroxylation is 1. The van der Waals surface area contributed by atoms with Gasteiger partial charge in [0.15, 0.2) is 0 Å². The zero-order valence-electron chi connectivity index (χ0n) is 9.65. The standard InChI is InChI=1S/C11H18N4S/c1-8-13-11(16-14-8)15-7-3-5-10(15)9-4-2-6-12-9/h9-10,12H,2-7H2,1H3. The Morgan fingerprint density at radius 3 is 3.00 bits per heavy atom. The van der Waals surface area contributed by atoms with Crippen molar-refractivity contribution in [3.05, 3.63) is 5.82 Å². The van der Waals surface area contributed by atoms with Crippen molar-refractivity contribution < 1.29 is 0 Å². The van der Waals surface area contributed by atoms with Gasteiger partial charge in [-0.15, -0.1) is 0 Å². The molecular formula is C11H18N4S. The first-order chi connectivity index (χ1) is 7.84. The second kappa shape index (κ2) is 4.30. The van der Waals surface area contributed by atoms with E-state index in [9.17, 15) is 0 Å². The molecule has 3 rings (SSSR count). The Kier molecular flexibility index (Phi) is 2.81. The van der Waals surface area contributed by atoms with Crippen LogP contribution in [0, 0.1) is 6.92 Å². The maximum Gasteiger partial charge on any atom is 0.205 e. The van der Waals surface area contributed by atoms with Gasteiger partial charge < -0.3 is 10.2 Å². The van der Waals surface area contributed by atoms with Crippen molar-refractivity contribution in [2.45, 2.75) is 44.7 Å². The third-order valence-electron chi connectivity index (χ3n) is 3.62. The smallest absolute Gasteiger partial charge is 0.205 e. The maximum absolute atomic E-state index is 4.52. The molecule has 3 heterocycles. The average molecular weight is 238 g/mol. The van der Waals surface area contributed by atoms with Crippen molar-refractivity contribution in [2.24, 2.45) is 0 Å². The molecular weight excluding hydrogens is 220 g/mol. The molecule has 0 saturated carbocycles. The largest absolute Gasteiger partial charge is 0.342 e. The highest BCUT2D eigenvalue weighted by Gasteiger charge is 2.34.